The van der Waals surface area contributed by atoms with Crippen molar-refractivity contribution >= 4 is 29.4 Å². The molecule has 2 rings (SSSR count). The number of hydrazone groups is 1. The van der Waals surface area contributed by atoms with Crippen LogP contribution in [0.5, 0.6) is 11.5 Å². The average molecular weight is 378 g/mol. The van der Waals surface area contributed by atoms with Gasteiger partial charge < -0.3 is 9.47 Å². The van der Waals surface area contributed by atoms with Crippen molar-refractivity contribution in [2.45, 2.75) is 6.92 Å². The molecule has 0 saturated heterocycles. The van der Waals surface area contributed by atoms with Gasteiger partial charge in [0.05, 0.1) is 29.9 Å². The largest absolute Gasteiger partial charge is 0.491 e. The van der Waals surface area contributed by atoms with E-state index in [2.05, 4.69) is 10.5 Å². The minimum Gasteiger partial charge on any atom is -0.491 e. The molecular formula is C17H16ClN3O5. The molecule has 0 heterocycles. The highest BCUT2D eigenvalue weighted by molar-refractivity contribution is 6.32. The molecule has 0 aromatic heterocycles. The summed E-state index contributed by atoms with van der Waals surface area (Å²) >= 11 is 6.14. The predicted octanol–water partition coefficient (Wildman–Crippen LogP) is 3.42. The molecular weight excluding hydrogens is 362 g/mol. The van der Waals surface area contributed by atoms with Gasteiger partial charge in [0, 0.05) is 17.7 Å². The number of halogens is 1. The maximum absolute atomic E-state index is 12.0. The Balaban J connectivity index is 2.14. The van der Waals surface area contributed by atoms with Gasteiger partial charge in [-0.05, 0) is 30.7 Å². The molecule has 0 aliphatic carbocycles. The van der Waals surface area contributed by atoms with Gasteiger partial charge >= 0.3 is 0 Å². The Bertz CT molecular complexity index is 854. The molecule has 0 saturated carbocycles. The van der Waals surface area contributed by atoms with Crippen LogP contribution in [0.1, 0.15) is 22.8 Å². The molecule has 2 aromatic carbocycles. The molecule has 26 heavy (non-hydrogen) atoms. The van der Waals surface area contributed by atoms with Crippen LogP contribution in [0.25, 0.3) is 0 Å². The summed E-state index contributed by atoms with van der Waals surface area (Å²) in [6.45, 7) is 2.25. The van der Waals surface area contributed by atoms with Crippen LogP contribution >= 0.6 is 11.6 Å². The fraction of sp³-hybridized carbons (Fsp3) is 0.176. The molecule has 0 radical (unpaired) electrons. The summed E-state index contributed by atoms with van der Waals surface area (Å²) in [6.07, 6.45) is 1.38. The number of amides is 1. The molecule has 0 aliphatic heterocycles. The van der Waals surface area contributed by atoms with Crippen LogP contribution in [-0.4, -0.2) is 30.8 Å². The molecule has 8 nitrogen and oxygen atoms in total. The molecule has 0 atom stereocenters. The van der Waals surface area contributed by atoms with Crippen molar-refractivity contribution in [1.82, 2.24) is 5.43 Å². The topological polar surface area (TPSA) is 103 Å². The number of rotatable bonds is 7. The van der Waals surface area contributed by atoms with Gasteiger partial charge in [0.15, 0.2) is 11.5 Å². The summed E-state index contributed by atoms with van der Waals surface area (Å²) in [5.74, 6) is 0.287. The highest BCUT2D eigenvalue weighted by Crippen LogP contribution is 2.35. The van der Waals surface area contributed by atoms with Crippen molar-refractivity contribution in [3.63, 3.8) is 0 Å². The lowest BCUT2D eigenvalue weighted by molar-refractivity contribution is -0.384. The van der Waals surface area contributed by atoms with Crippen LogP contribution in [0.3, 0.4) is 0 Å². The van der Waals surface area contributed by atoms with E-state index in [4.69, 9.17) is 21.1 Å². The van der Waals surface area contributed by atoms with Gasteiger partial charge in [-0.1, -0.05) is 17.7 Å². The summed E-state index contributed by atoms with van der Waals surface area (Å²) in [7, 11) is 1.48. The van der Waals surface area contributed by atoms with Crippen molar-refractivity contribution in [2.75, 3.05) is 13.7 Å². The Kier molecular flexibility index (Phi) is 6.51. The normalized spacial score (nSPS) is 10.6. The molecule has 1 amide bonds. The van der Waals surface area contributed by atoms with Gasteiger partial charge in [-0.15, -0.1) is 0 Å². The monoisotopic (exact) mass is 377 g/mol. The van der Waals surface area contributed by atoms with Crippen LogP contribution < -0.4 is 14.9 Å². The fourth-order valence-corrected chi connectivity index (χ4v) is 2.41. The molecule has 2 aromatic rings. The molecule has 0 spiro atoms. The van der Waals surface area contributed by atoms with Gasteiger partial charge in [-0.3, -0.25) is 14.9 Å². The molecule has 0 aliphatic rings. The number of non-ortho nitro benzene ring substituents is 1. The molecule has 9 heteroatoms. The maximum atomic E-state index is 12.0. The minimum atomic E-state index is -0.575. The van der Waals surface area contributed by atoms with E-state index >= 15 is 0 Å². The second-order valence-corrected chi connectivity index (χ2v) is 5.38. The number of nitro groups is 1. The third kappa shape index (κ3) is 4.70. The van der Waals surface area contributed by atoms with Gasteiger partial charge in [-0.2, -0.15) is 5.10 Å². The van der Waals surface area contributed by atoms with Crippen molar-refractivity contribution < 1.29 is 19.2 Å². The predicted molar refractivity (Wildman–Crippen MR) is 97.3 cm³/mol. The fourth-order valence-electron chi connectivity index (χ4n) is 2.11. The second-order valence-electron chi connectivity index (χ2n) is 4.97. The average Bonchev–Trinajstić information content (AvgIpc) is 2.62. The van der Waals surface area contributed by atoms with E-state index in [1.807, 2.05) is 6.92 Å². The van der Waals surface area contributed by atoms with Gasteiger partial charge in [0.1, 0.15) is 0 Å². The lowest BCUT2D eigenvalue weighted by Gasteiger charge is -2.11. The Hall–Kier alpha value is -3.13. The summed E-state index contributed by atoms with van der Waals surface area (Å²) in [6, 6.07) is 8.61. The maximum Gasteiger partial charge on any atom is 0.271 e. The quantitative estimate of drug-likeness (QED) is 0.452. The van der Waals surface area contributed by atoms with Gasteiger partial charge in [-0.25, -0.2) is 5.43 Å². The first-order valence-electron chi connectivity index (χ1n) is 7.54. The van der Waals surface area contributed by atoms with Crippen LogP contribution in [0.4, 0.5) is 5.69 Å². The molecule has 0 bridgehead atoms. The van der Waals surface area contributed by atoms with E-state index in [1.165, 1.54) is 37.6 Å². The lowest BCUT2D eigenvalue weighted by atomic mass is 10.2. The molecule has 1 N–H and O–H groups in total. The van der Waals surface area contributed by atoms with E-state index in [-0.39, 0.29) is 11.3 Å². The van der Waals surface area contributed by atoms with Crippen molar-refractivity contribution in [1.29, 1.82) is 0 Å². The standard InChI is InChI=1S/C17H16ClN3O5/c1-3-26-15-8-11(7-14(18)16(15)25-2)10-19-20-17(22)12-5-4-6-13(9-12)21(23)24/h4-10H,3H2,1-2H3,(H,20,22)/b19-10+. The number of hydrogen-bond donors (Lipinski definition) is 1. The van der Waals surface area contributed by atoms with Crippen LogP contribution in [0.15, 0.2) is 41.5 Å². The number of carbonyl (C=O) groups excluding carboxylic acids is 1. The number of benzene rings is 2. The number of hydrogen-bond acceptors (Lipinski definition) is 6. The SMILES string of the molecule is CCOc1cc(/C=N/NC(=O)c2cccc([N+](=O)[O-])c2)cc(Cl)c1OC. The zero-order valence-electron chi connectivity index (χ0n) is 14.1. The van der Waals surface area contributed by atoms with Crippen LogP contribution in [0, 0.1) is 10.1 Å². The first kappa shape index (κ1) is 19.2. The molecule has 136 valence electrons. The Morgan fingerprint density at radius 1 is 1.38 bits per heavy atom. The van der Waals surface area contributed by atoms with Crippen LogP contribution in [-0.2, 0) is 0 Å². The van der Waals surface area contributed by atoms with E-state index in [0.717, 1.165) is 0 Å². The number of ether oxygens (including phenoxy) is 2. The summed E-state index contributed by atoms with van der Waals surface area (Å²) in [4.78, 5) is 22.2. The zero-order valence-corrected chi connectivity index (χ0v) is 14.8. The number of nitrogens with zero attached hydrogens (tertiary/aromatic N) is 2. The molecule has 0 fully saturated rings. The Morgan fingerprint density at radius 3 is 2.81 bits per heavy atom. The zero-order chi connectivity index (χ0) is 19.1. The number of methoxy groups -OCH3 is 1. The third-order valence-electron chi connectivity index (χ3n) is 3.23. The van der Waals surface area contributed by atoms with E-state index < -0.39 is 10.8 Å². The first-order chi connectivity index (χ1) is 12.5. The van der Waals surface area contributed by atoms with E-state index in [9.17, 15) is 14.9 Å². The Morgan fingerprint density at radius 2 is 2.15 bits per heavy atom. The highest BCUT2D eigenvalue weighted by Gasteiger charge is 2.12. The number of nitro benzene ring substituents is 1. The van der Waals surface area contributed by atoms with Gasteiger partial charge in [0.25, 0.3) is 11.6 Å². The minimum absolute atomic E-state index is 0.124. The van der Waals surface area contributed by atoms with E-state index in [0.29, 0.717) is 28.7 Å². The summed E-state index contributed by atoms with van der Waals surface area (Å²) in [5, 5.41) is 14.9. The number of carbonyl (C=O) groups is 1. The second kappa shape index (κ2) is 8.82. The van der Waals surface area contributed by atoms with Gasteiger partial charge in [0.2, 0.25) is 0 Å². The highest BCUT2D eigenvalue weighted by atomic mass is 35.5. The van der Waals surface area contributed by atoms with E-state index in [1.54, 1.807) is 12.1 Å². The molecule has 0 unspecified atom stereocenters. The first-order valence-corrected chi connectivity index (χ1v) is 7.92. The summed E-state index contributed by atoms with van der Waals surface area (Å²) < 4.78 is 10.6. The number of nitrogens with one attached hydrogen (secondary N) is 1. The van der Waals surface area contributed by atoms with Crippen molar-refractivity contribution in [2.24, 2.45) is 5.10 Å². The van der Waals surface area contributed by atoms with Crippen molar-refractivity contribution in [3.8, 4) is 11.5 Å². The lowest BCUT2D eigenvalue weighted by Crippen LogP contribution is -2.17. The van der Waals surface area contributed by atoms with Crippen LogP contribution in [0.2, 0.25) is 5.02 Å². The third-order valence-corrected chi connectivity index (χ3v) is 3.52. The Labute approximate surface area is 154 Å². The van der Waals surface area contributed by atoms with Crippen molar-refractivity contribution in [3.05, 3.63) is 62.7 Å². The summed E-state index contributed by atoms with van der Waals surface area (Å²) in [5.41, 5.74) is 2.84. The smallest absolute Gasteiger partial charge is 0.271 e.